The first-order chi connectivity index (χ1) is 10.5. The van der Waals surface area contributed by atoms with Crippen molar-refractivity contribution >= 4 is 15.9 Å². The Kier molecular flexibility index (Phi) is 5.42. The number of benzene rings is 1. The third-order valence-corrected chi connectivity index (χ3v) is 5.53. The topological polar surface area (TPSA) is 89.7 Å². The van der Waals surface area contributed by atoms with Crippen molar-refractivity contribution in [3.63, 3.8) is 0 Å². The highest BCUT2D eigenvalue weighted by Gasteiger charge is 2.27. The smallest absolute Gasteiger partial charge is 0.252 e. The van der Waals surface area contributed by atoms with Crippen molar-refractivity contribution in [2.45, 2.75) is 37.5 Å². The van der Waals surface area contributed by atoms with E-state index in [0.29, 0.717) is 25.4 Å². The van der Waals surface area contributed by atoms with Gasteiger partial charge in [0.1, 0.15) is 5.75 Å². The number of sulfonamides is 1. The number of nitrogens with two attached hydrogens (primary N) is 1. The van der Waals surface area contributed by atoms with Crippen molar-refractivity contribution in [1.82, 2.24) is 4.31 Å². The predicted molar refractivity (Wildman–Crippen MR) is 83.4 cm³/mol. The maximum Gasteiger partial charge on any atom is 0.252 e. The Bertz CT molecular complexity index is 637. The Hall–Kier alpha value is -1.60. The molecule has 0 aromatic heterocycles. The van der Waals surface area contributed by atoms with Crippen molar-refractivity contribution < 1.29 is 17.9 Å². The van der Waals surface area contributed by atoms with Gasteiger partial charge in [0.25, 0.3) is 5.91 Å². The fourth-order valence-corrected chi connectivity index (χ4v) is 4.00. The second-order valence-corrected chi connectivity index (χ2v) is 7.27. The molecule has 7 heteroatoms. The van der Waals surface area contributed by atoms with E-state index in [2.05, 4.69) is 0 Å². The minimum Gasteiger partial charge on any atom is -0.493 e. The van der Waals surface area contributed by atoms with E-state index in [1.807, 2.05) is 6.92 Å². The van der Waals surface area contributed by atoms with Crippen LogP contribution in [0.2, 0.25) is 0 Å². The minimum absolute atomic E-state index is 0.0899. The zero-order chi connectivity index (χ0) is 16.2. The summed E-state index contributed by atoms with van der Waals surface area (Å²) >= 11 is 0. The Labute approximate surface area is 131 Å². The van der Waals surface area contributed by atoms with Crippen LogP contribution in [0.15, 0.2) is 23.1 Å². The number of rotatable bonds is 6. The van der Waals surface area contributed by atoms with E-state index in [0.717, 1.165) is 25.7 Å². The molecule has 0 saturated carbocycles. The van der Waals surface area contributed by atoms with Crippen LogP contribution in [0.25, 0.3) is 0 Å². The molecule has 1 heterocycles. The highest BCUT2D eigenvalue weighted by Crippen LogP contribution is 2.26. The van der Waals surface area contributed by atoms with E-state index in [-0.39, 0.29) is 10.5 Å². The van der Waals surface area contributed by atoms with Gasteiger partial charge in [-0.1, -0.05) is 13.3 Å². The number of carbonyl (C=O) groups is 1. The van der Waals surface area contributed by atoms with Gasteiger partial charge in [-0.3, -0.25) is 4.79 Å². The van der Waals surface area contributed by atoms with Crippen molar-refractivity contribution in [1.29, 1.82) is 0 Å². The Morgan fingerprint density at radius 3 is 2.55 bits per heavy atom. The predicted octanol–water partition coefficient (Wildman–Crippen LogP) is 1.75. The van der Waals surface area contributed by atoms with Gasteiger partial charge >= 0.3 is 0 Å². The van der Waals surface area contributed by atoms with Gasteiger partial charge in [-0.2, -0.15) is 4.31 Å². The first kappa shape index (κ1) is 16.8. The average Bonchev–Trinajstić information content (AvgIpc) is 2.53. The summed E-state index contributed by atoms with van der Waals surface area (Å²) in [6.07, 6.45) is 3.55. The van der Waals surface area contributed by atoms with Crippen LogP contribution < -0.4 is 10.5 Å². The zero-order valence-corrected chi connectivity index (χ0v) is 13.6. The Morgan fingerprint density at radius 1 is 1.27 bits per heavy atom. The summed E-state index contributed by atoms with van der Waals surface area (Å²) in [5.41, 5.74) is 5.45. The lowest BCUT2D eigenvalue weighted by Crippen LogP contribution is -2.35. The fourth-order valence-electron chi connectivity index (χ4n) is 2.45. The molecule has 22 heavy (non-hydrogen) atoms. The summed E-state index contributed by atoms with van der Waals surface area (Å²) in [6.45, 7) is 3.42. The quantitative estimate of drug-likeness (QED) is 0.862. The molecule has 1 aliphatic heterocycles. The molecule has 1 aliphatic rings. The van der Waals surface area contributed by atoms with Crippen LogP contribution in [0, 0.1) is 0 Å². The van der Waals surface area contributed by atoms with Crippen molar-refractivity contribution in [2.24, 2.45) is 5.73 Å². The molecule has 2 N–H and O–H groups in total. The van der Waals surface area contributed by atoms with Gasteiger partial charge in [0, 0.05) is 13.1 Å². The third kappa shape index (κ3) is 3.59. The highest BCUT2D eigenvalue weighted by molar-refractivity contribution is 7.89. The lowest BCUT2D eigenvalue weighted by Gasteiger charge is -2.26. The van der Waals surface area contributed by atoms with Crippen LogP contribution in [0.4, 0.5) is 0 Å². The monoisotopic (exact) mass is 326 g/mol. The van der Waals surface area contributed by atoms with Gasteiger partial charge in [-0.05, 0) is 37.5 Å². The summed E-state index contributed by atoms with van der Waals surface area (Å²) in [4.78, 5) is 11.7. The molecule has 0 spiro atoms. The van der Waals surface area contributed by atoms with Crippen LogP contribution >= 0.6 is 0 Å². The zero-order valence-electron chi connectivity index (χ0n) is 12.7. The van der Waals surface area contributed by atoms with Crippen LogP contribution in [0.1, 0.15) is 43.0 Å². The van der Waals surface area contributed by atoms with Crippen LogP contribution in [0.3, 0.4) is 0 Å². The summed E-state index contributed by atoms with van der Waals surface area (Å²) in [7, 11) is -3.59. The van der Waals surface area contributed by atoms with E-state index in [4.69, 9.17) is 10.5 Å². The molecule has 122 valence electrons. The van der Waals surface area contributed by atoms with E-state index >= 15 is 0 Å². The SMILES string of the molecule is CCCOc1ccc(S(=O)(=O)N2CCCCC2)cc1C(N)=O. The van der Waals surface area contributed by atoms with Crippen LogP contribution in [-0.4, -0.2) is 38.3 Å². The molecule has 0 atom stereocenters. The number of nitrogens with zero attached hydrogens (tertiary/aromatic N) is 1. The van der Waals surface area contributed by atoms with Gasteiger partial charge < -0.3 is 10.5 Å². The fraction of sp³-hybridized carbons (Fsp3) is 0.533. The molecule has 0 bridgehead atoms. The maximum absolute atomic E-state index is 12.6. The average molecular weight is 326 g/mol. The number of primary amides is 1. The van der Waals surface area contributed by atoms with E-state index in [1.165, 1.54) is 22.5 Å². The lowest BCUT2D eigenvalue weighted by atomic mass is 10.2. The first-order valence-corrected chi connectivity index (χ1v) is 8.97. The Morgan fingerprint density at radius 2 is 1.95 bits per heavy atom. The molecule has 2 rings (SSSR count). The number of hydrogen-bond donors (Lipinski definition) is 1. The molecule has 1 amide bonds. The van der Waals surface area contributed by atoms with Gasteiger partial charge in [-0.25, -0.2) is 8.42 Å². The summed E-state index contributed by atoms with van der Waals surface area (Å²) < 4.78 is 32.2. The molecule has 6 nitrogen and oxygen atoms in total. The largest absolute Gasteiger partial charge is 0.493 e. The minimum atomic E-state index is -3.59. The highest BCUT2D eigenvalue weighted by atomic mass is 32.2. The number of ether oxygens (including phenoxy) is 1. The van der Waals surface area contributed by atoms with E-state index in [1.54, 1.807) is 0 Å². The molecule has 0 radical (unpaired) electrons. The normalized spacial score (nSPS) is 16.4. The Balaban J connectivity index is 2.35. The molecular formula is C15H22N2O4S. The van der Waals surface area contributed by atoms with Crippen molar-refractivity contribution in [3.8, 4) is 5.75 Å². The molecule has 0 aliphatic carbocycles. The standard InChI is InChI=1S/C15H22N2O4S/c1-2-10-21-14-7-6-12(11-13(14)15(16)18)22(19,20)17-8-4-3-5-9-17/h6-7,11H,2-5,8-10H2,1H3,(H2,16,18). The second kappa shape index (κ2) is 7.11. The summed E-state index contributed by atoms with van der Waals surface area (Å²) in [6, 6.07) is 4.30. The van der Waals surface area contributed by atoms with E-state index in [9.17, 15) is 13.2 Å². The molecule has 1 fully saturated rings. The number of hydrogen-bond acceptors (Lipinski definition) is 4. The van der Waals surface area contributed by atoms with Gasteiger partial charge in [-0.15, -0.1) is 0 Å². The molecule has 1 aromatic carbocycles. The van der Waals surface area contributed by atoms with Crippen molar-refractivity contribution in [2.75, 3.05) is 19.7 Å². The van der Waals surface area contributed by atoms with Gasteiger partial charge in [0.2, 0.25) is 10.0 Å². The number of carbonyl (C=O) groups excluding carboxylic acids is 1. The lowest BCUT2D eigenvalue weighted by molar-refractivity contribution is 0.0996. The summed E-state index contributed by atoms with van der Waals surface area (Å²) in [5.74, 6) is -0.367. The van der Waals surface area contributed by atoms with Crippen LogP contribution in [-0.2, 0) is 10.0 Å². The maximum atomic E-state index is 12.6. The van der Waals surface area contributed by atoms with Crippen molar-refractivity contribution in [3.05, 3.63) is 23.8 Å². The van der Waals surface area contributed by atoms with Crippen LogP contribution in [0.5, 0.6) is 5.75 Å². The van der Waals surface area contributed by atoms with Gasteiger partial charge in [0.05, 0.1) is 17.1 Å². The molecule has 0 unspecified atom stereocenters. The van der Waals surface area contributed by atoms with Gasteiger partial charge in [0.15, 0.2) is 0 Å². The number of amides is 1. The third-order valence-electron chi connectivity index (χ3n) is 3.63. The molecule has 1 saturated heterocycles. The second-order valence-electron chi connectivity index (χ2n) is 5.34. The number of piperidine rings is 1. The summed E-state index contributed by atoms with van der Waals surface area (Å²) in [5, 5.41) is 0. The molecular weight excluding hydrogens is 304 g/mol. The van der Waals surface area contributed by atoms with E-state index < -0.39 is 15.9 Å². The molecule has 1 aromatic rings. The first-order valence-electron chi connectivity index (χ1n) is 7.53.